The lowest BCUT2D eigenvalue weighted by molar-refractivity contribution is -0.135. The van der Waals surface area contributed by atoms with Gasteiger partial charge in [0.05, 0.1) is 5.56 Å². The lowest BCUT2D eigenvalue weighted by Gasteiger charge is -2.40. The first-order valence-electron chi connectivity index (χ1n) is 11.8. The van der Waals surface area contributed by atoms with E-state index in [9.17, 15) is 22.8 Å². The molecule has 0 spiro atoms. The minimum absolute atomic E-state index is 0.0215. The summed E-state index contributed by atoms with van der Waals surface area (Å²) in [4.78, 5) is 31.5. The number of aromatic nitrogens is 1. The van der Waals surface area contributed by atoms with Crippen molar-refractivity contribution < 1.29 is 27.5 Å². The number of halogens is 4. The monoisotopic (exact) mass is 524 g/mol. The predicted molar refractivity (Wildman–Crippen MR) is 129 cm³/mol. The first-order valence-corrected chi connectivity index (χ1v) is 12.1. The topological polar surface area (TPSA) is 83.6 Å². The summed E-state index contributed by atoms with van der Waals surface area (Å²) >= 11 is 5.91. The Labute approximate surface area is 212 Å². The van der Waals surface area contributed by atoms with Crippen molar-refractivity contribution in [1.82, 2.24) is 15.6 Å². The molecule has 4 rings (SSSR count). The number of pyridine rings is 1. The molecule has 0 aliphatic carbocycles. The van der Waals surface area contributed by atoms with Gasteiger partial charge in [0.1, 0.15) is 18.1 Å². The number of benzene rings is 1. The van der Waals surface area contributed by atoms with Crippen LogP contribution in [0.2, 0.25) is 5.02 Å². The molecular formula is C25H28ClF3N4O3. The fraction of sp³-hybridized carbons (Fsp3) is 0.480. The quantitative estimate of drug-likeness (QED) is 0.557. The van der Waals surface area contributed by atoms with Crippen LogP contribution in [0.15, 0.2) is 42.6 Å². The van der Waals surface area contributed by atoms with Crippen LogP contribution in [-0.2, 0) is 4.79 Å². The molecule has 1 aromatic heterocycles. The SMILES string of the molecule is CC(C)(Oc1ccc(Cl)cc1)C(=O)NC1CC2CCC(C1)N2c1ccc(C(=O)NCC(F)(F)F)cn1. The summed E-state index contributed by atoms with van der Waals surface area (Å²) in [5, 5.41) is 5.56. The Balaban J connectivity index is 1.34. The number of fused-ring (bicyclic) bond motifs is 2. The van der Waals surface area contributed by atoms with Gasteiger partial charge in [0, 0.05) is 29.3 Å². The number of hydrogen-bond acceptors (Lipinski definition) is 5. The summed E-state index contributed by atoms with van der Waals surface area (Å²) in [5.74, 6) is 0.198. The molecule has 2 amide bonds. The average molecular weight is 525 g/mol. The van der Waals surface area contributed by atoms with E-state index in [1.165, 1.54) is 12.3 Å². The molecule has 2 aliphatic rings. The number of nitrogens with zero attached hydrogens (tertiary/aromatic N) is 2. The Morgan fingerprint density at radius 1 is 1.08 bits per heavy atom. The number of piperidine rings is 1. The van der Waals surface area contributed by atoms with Crippen LogP contribution in [0.3, 0.4) is 0 Å². The Kier molecular flexibility index (Phi) is 7.36. The number of carbonyl (C=O) groups excluding carboxylic acids is 2. The molecule has 2 fully saturated rings. The van der Waals surface area contributed by atoms with E-state index in [1.807, 2.05) is 5.32 Å². The summed E-state index contributed by atoms with van der Waals surface area (Å²) < 4.78 is 42.9. The molecule has 2 aliphatic heterocycles. The first kappa shape index (κ1) is 26.1. The van der Waals surface area contributed by atoms with Gasteiger partial charge in [-0.3, -0.25) is 9.59 Å². The molecule has 0 radical (unpaired) electrons. The summed E-state index contributed by atoms with van der Waals surface area (Å²) in [7, 11) is 0. The van der Waals surface area contributed by atoms with Gasteiger partial charge in [0.2, 0.25) is 0 Å². The van der Waals surface area contributed by atoms with Crippen molar-refractivity contribution in [2.75, 3.05) is 11.4 Å². The molecular weight excluding hydrogens is 497 g/mol. The highest BCUT2D eigenvalue weighted by molar-refractivity contribution is 6.30. The Hall–Kier alpha value is -3.01. The number of anilines is 1. The minimum atomic E-state index is -4.47. The molecule has 2 N–H and O–H groups in total. The molecule has 11 heteroatoms. The van der Waals surface area contributed by atoms with Crippen LogP contribution in [0, 0.1) is 0 Å². The van der Waals surface area contributed by atoms with Crippen molar-refractivity contribution in [3.05, 3.63) is 53.2 Å². The highest BCUT2D eigenvalue weighted by Crippen LogP contribution is 2.38. The molecule has 2 unspecified atom stereocenters. The average Bonchev–Trinajstić information content (AvgIpc) is 3.08. The van der Waals surface area contributed by atoms with Gasteiger partial charge < -0.3 is 20.3 Å². The number of carbonyl (C=O) groups is 2. The molecule has 2 saturated heterocycles. The second-order valence-electron chi connectivity index (χ2n) is 9.70. The van der Waals surface area contributed by atoms with E-state index in [0.717, 1.165) is 25.7 Å². The molecule has 0 saturated carbocycles. The third kappa shape index (κ3) is 6.21. The van der Waals surface area contributed by atoms with Gasteiger partial charge in [0.25, 0.3) is 11.8 Å². The maximum absolute atomic E-state index is 13.0. The highest BCUT2D eigenvalue weighted by atomic mass is 35.5. The van der Waals surface area contributed by atoms with Crippen LogP contribution in [0.1, 0.15) is 49.9 Å². The molecule has 2 aromatic rings. The van der Waals surface area contributed by atoms with Gasteiger partial charge in [-0.25, -0.2) is 4.98 Å². The zero-order valence-corrected chi connectivity index (χ0v) is 20.7. The first-order chi connectivity index (χ1) is 16.9. The summed E-state index contributed by atoms with van der Waals surface area (Å²) in [6.07, 6.45) is 0.169. The van der Waals surface area contributed by atoms with Crippen LogP contribution in [0.5, 0.6) is 5.75 Å². The largest absolute Gasteiger partial charge is 0.478 e. The maximum atomic E-state index is 13.0. The smallest absolute Gasteiger partial charge is 0.405 e. The van der Waals surface area contributed by atoms with E-state index in [4.69, 9.17) is 16.3 Å². The lowest BCUT2D eigenvalue weighted by Crippen LogP contribution is -2.55. The van der Waals surface area contributed by atoms with Gasteiger partial charge >= 0.3 is 6.18 Å². The molecule has 7 nitrogen and oxygen atoms in total. The highest BCUT2D eigenvalue weighted by Gasteiger charge is 2.43. The zero-order chi connectivity index (χ0) is 26.1. The number of amides is 2. The Morgan fingerprint density at radius 2 is 1.72 bits per heavy atom. The zero-order valence-electron chi connectivity index (χ0n) is 19.9. The molecule has 2 atom stereocenters. The van der Waals surface area contributed by atoms with Gasteiger partial charge in [-0.2, -0.15) is 13.2 Å². The van der Waals surface area contributed by atoms with E-state index in [-0.39, 0.29) is 29.6 Å². The second-order valence-corrected chi connectivity index (χ2v) is 10.1. The number of hydrogen-bond donors (Lipinski definition) is 2. The summed E-state index contributed by atoms with van der Waals surface area (Å²) in [5.41, 5.74) is -1.01. The van der Waals surface area contributed by atoms with Gasteiger partial charge in [-0.15, -0.1) is 0 Å². The second kappa shape index (κ2) is 10.2. The number of ether oxygens (including phenoxy) is 1. The van der Waals surface area contributed by atoms with E-state index in [2.05, 4.69) is 15.2 Å². The summed E-state index contributed by atoms with van der Waals surface area (Å²) in [6, 6.07) is 10.3. The molecule has 3 heterocycles. The van der Waals surface area contributed by atoms with Crippen LogP contribution < -0.4 is 20.3 Å². The van der Waals surface area contributed by atoms with E-state index in [1.54, 1.807) is 44.2 Å². The van der Waals surface area contributed by atoms with Crippen LogP contribution >= 0.6 is 11.6 Å². The normalized spacial score (nSPS) is 21.7. The fourth-order valence-corrected chi connectivity index (χ4v) is 4.95. The predicted octanol–water partition coefficient (Wildman–Crippen LogP) is 4.50. The van der Waals surface area contributed by atoms with Gasteiger partial charge in [-0.1, -0.05) is 11.6 Å². The molecule has 194 valence electrons. The van der Waals surface area contributed by atoms with E-state index in [0.29, 0.717) is 16.6 Å². The molecule has 2 bridgehead atoms. The van der Waals surface area contributed by atoms with E-state index >= 15 is 0 Å². The number of nitrogens with one attached hydrogen (secondary N) is 2. The minimum Gasteiger partial charge on any atom is -0.478 e. The molecule has 1 aromatic carbocycles. The van der Waals surface area contributed by atoms with Crippen LogP contribution in [0.4, 0.5) is 19.0 Å². The third-order valence-corrected chi connectivity index (χ3v) is 6.78. The fourth-order valence-electron chi connectivity index (χ4n) is 4.83. The van der Waals surface area contributed by atoms with Crippen molar-refractivity contribution in [2.24, 2.45) is 0 Å². The molecule has 36 heavy (non-hydrogen) atoms. The van der Waals surface area contributed by atoms with Gasteiger partial charge in [-0.05, 0) is 75.9 Å². The maximum Gasteiger partial charge on any atom is 0.405 e. The lowest BCUT2D eigenvalue weighted by atomic mass is 9.96. The number of rotatable bonds is 7. The Morgan fingerprint density at radius 3 is 2.28 bits per heavy atom. The van der Waals surface area contributed by atoms with Crippen LogP contribution in [-0.4, -0.2) is 53.2 Å². The van der Waals surface area contributed by atoms with Crippen molar-refractivity contribution >= 4 is 29.2 Å². The van der Waals surface area contributed by atoms with E-state index < -0.39 is 24.2 Å². The standard InChI is InChI=1S/C25H28ClF3N4O3/c1-24(2,36-20-8-4-16(26)5-9-20)23(35)32-17-11-18-6-7-19(12-17)33(18)21-10-3-15(13-30-21)22(34)31-14-25(27,28)29/h3-5,8-10,13,17-19H,6-7,11-12,14H2,1-2H3,(H,31,34)(H,32,35). The van der Waals surface area contributed by atoms with Gasteiger partial charge in [0.15, 0.2) is 5.60 Å². The Bertz CT molecular complexity index is 1080. The summed E-state index contributed by atoms with van der Waals surface area (Å²) in [6.45, 7) is 2.05. The van der Waals surface area contributed by atoms with Crippen molar-refractivity contribution in [3.8, 4) is 5.75 Å². The number of alkyl halides is 3. The third-order valence-electron chi connectivity index (χ3n) is 6.53. The van der Waals surface area contributed by atoms with Crippen LogP contribution in [0.25, 0.3) is 0 Å². The van der Waals surface area contributed by atoms with Crippen molar-refractivity contribution in [2.45, 2.75) is 69.4 Å². The van der Waals surface area contributed by atoms with Crippen molar-refractivity contribution in [3.63, 3.8) is 0 Å². The van der Waals surface area contributed by atoms with Crippen molar-refractivity contribution in [1.29, 1.82) is 0 Å².